The van der Waals surface area contributed by atoms with Gasteiger partial charge in [0.15, 0.2) is 0 Å². The number of amides is 2. The molecule has 3 heterocycles. The Bertz CT molecular complexity index is 592. The first-order valence-corrected chi connectivity index (χ1v) is 9.35. The number of hydrogen-bond donors (Lipinski definition) is 0. The molecule has 0 N–H and O–H groups in total. The molecule has 0 unspecified atom stereocenters. The van der Waals surface area contributed by atoms with Crippen molar-refractivity contribution in [2.45, 2.75) is 44.4 Å². The van der Waals surface area contributed by atoms with E-state index in [1.54, 1.807) is 6.26 Å². The van der Waals surface area contributed by atoms with Gasteiger partial charge in [0, 0.05) is 38.0 Å². The molecule has 1 aliphatic carbocycles. The van der Waals surface area contributed by atoms with Crippen LogP contribution in [0.2, 0.25) is 0 Å². The zero-order valence-corrected chi connectivity index (χ0v) is 14.2. The van der Waals surface area contributed by atoms with E-state index in [1.807, 2.05) is 21.9 Å². The Morgan fingerprint density at radius 3 is 2.54 bits per heavy atom. The minimum Gasteiger partial charge on any atom is -0.469 e. The summed E-state index contributed by atoms with van der Waals surface area (Å²) in [4.78, 5) is 29.5. The van der Waals surface area contributed by atoms with Gasteiger partial charge in [-0.3, -0.25) is 9.59 Å². The molecule has 1 aromatic rings. The molecule has 0 spiro atoms. The van der Waals surface area contributed by atoms with Gasteiger partial charge in [0.2, 0.25) is 11.8 Å². The second-order valence-corrected chi connectivity index (χ2v) is 7.47. The largest absolute Gasteiger partial charge is 0.469 e. The average Bonchev–Trinajstić information content (AvgIpc) is 3.25. The molecular weight excluding hydrogens is 304 g/mol. The van der Waals surface area contributed by atoms with E-state index in [2.05, 4.69) is 0 Å². The molecule has 3 atom stereocenters. The summed E-state index contributed by atoms with van der Waals surface area (Å²) < 4.78 is 5.43. The smallest absolute Gasteiger partial charge is 0.227 e. The van der Waals surface area contributed by atoms with Crippen LogP contribution in [0.1, 0.15) is 50.2 Å². The summed E-state index contributed by atoms with van der Waals surface area (Å²) in [6.07, 6.45) is 7.88. The molecule has 3 aliphatic rings. The lowest BCUT2D eigenvalue weighted by Gasteiger charge is -2.36. The maximum atomic E-state index is 12.8. The van der Waals surface area contributed by atoms with Gasteiger partial charge in [0.05, 0.1) is 12.2 Å². The second kappa shape index (κ2) is 6.61. The third-order valence-corrected chi connectivity index (χ3v) is 5.77. The Morgan fingerprint density at radius 2 is 1.79 bits per heavy atom. The number of rotatable bonds is 3. The highest BCUT2D eigenvalue weighted by Crippen LogP contribution is 2.48. The van der Waals surface area contributed by atoms with Crippen LogP contribution < -0.4 is 0 Å². The first-order valence-electron chi connectivity index (χ1n) is 9.35. The van der Waals surface area contributed by atoms with Gasteiger partial charge in [0.25, 0.3) is 0 Å². The molecule has 5 nitrogen and oxygen atoms in total. The predicted octanol–water partition coefficient (Wildman–Crippen LogP) is 2.63. The van der Waals surface area contributed by atoms with Crippen LogP contribution in [0.15, 0.2) is 22.8 Å². The van der Waals surface area contributed by atoms with Gasteiger partial charge in [-0.25, -0.2) is 0 Å². The fourth-order valence-corrected chi connectivity index (χ4v) is 4.27. The van der Waals surface area contributed by atoms with Crippen LogP contribution in [0, 0.1) is 11.8 Å². The number of piperidine rings is 2. The molecule has 4 rings (SSSR count). The molecule has 0 bridgehead atoms. The summed E-state index contributed by atoms with van der Waals surface area (Å²) in [6, 6.07) is 3.83. The molecule has 5 heteroatoms. The quantitative estimate of drug-likeness (QED) is 0.856. The van der Waals surface area contributed by atoms with Crippen LogP contribution in [0.4, 0.5) is 0 Å². The summed E-state index contributed by atoms with van der Waals surface area (Å²) in [6.45, 7) is 3.19. The van der Waals surface area contributed by atoms with E-state index in [4.69, 9.17) is 4.42 Å². The maximum Gasteiger partial charge on any atom is 0.227 e. The Balaban J connectivity index is 1.35. The highest BCUT2D eigenvalue weighted by molar-refractivity contribution is 5.84. The van der Waals surface area contributed by atoms with Gasteiger partial charge >= 0.3 is 0 Å². The summed E-state index contributed by atoms with van der Waals surface area (Å²) in [5, 5.41) is 0. The molecular formula is C19H26N2O3. The third kappa shape index (κ3) is 3.08. The minimum absolute atomic E-state index is 0.00149. The lowest BCUT2D eigenvalue weighted by molar-refractivity contribution is -0.142. The van der Waals surface area contributed by atoms with Gasteiger partial charge in [-0.2, -0.15) is 0 Å². The van der Waals surface area contributed by atoms with Gasteiger partial charge in [-0.05, 0) is 50.7 Å². The van der Waals surface area contributed by atoms with Crippen molar-refractivity contribution in [1.29, 1.82) is 0 Å². The van der Waals surface area contributed by atoms with E-state index in [1.165, 1.54) is 6.42 Å². The number of likely N-dealkylation sites (tertiary alicyclic amines) is 2. The van der Waals surface area contributed by atoms with Crippen molar-refractivity contribution in [2.75, 3.05) is 26.2 Å². The number of nitrogens with zero attached hydrogens (tertiary/aromatic N) is 2. The van der Waals surface area contributed by atoms with Crippen LogP contribution in [0.3, 0.4) is 0 Å². The average molecular weight is 330 g/mol. The molecule has 24 heavy (non-hydrogen) atoms. The highest BCUT2D eigenvalue weighted by atomic mass is 16.3. The lowest BCUT2D eigenvalue weighted by Crippen LogP contribution is -2.48. The van der Waals surface area contributed by atoms with Gasteiger partial charge in [-0.1, -0.05) is 0 Å². The zero-order valence-electron chi connectivity index (χ0n) is 14.2. The molecule has 0 aromatic carbocycles. The fourth-order valence-electron chi connectivity index (χ4n) is 4.27. The highest BCUT2D eigenvalue weighted by Gasteiger charge is 2.48. The van der Waals surface area contributed by atoms with E-state index in [-0.39, 0.29) is 29.6 Å². The molecule has 130 valence electrons. The monoisotopic (exact) mass is 330 g/mol. The minimum atomic E-state index is 0.00149. The molecule has 1 saturated carbocycles. The van der Waals surface area contributed by atoms with E-state index in [9.17, 15) is 9.59 Å². The first-order chi connectivity index (χ1) is 11.7. The van der Waals surface area contributed by atoms with Gasteiger partial charge < -0.3 is 14.2 Å². The van der Waals surface area contributed by atoms with Crippen LogP contribution in [-0.2, 0) is 9.59 Å². The van der Waals surface area contributed by atoms with E-state index in [0.717, 1.165) is 57.5 Å². The maximum absolute atomic E-state index is 12.8. The van der Waals surface area contributed by atoms with Crippen molar-refractivity contribution in [3.8, 4) is 0 Å². The van der Waals surface area contributed by atoms with Gasteiger partial charge in [-0.15, -0.1) is 0 Å². The number of hydrogen-bond acceptors (Lipinski definition) is 3. The Kier molecular flexibility index (Phi) is 4.33. The van der Waals surface area contributed by atoms with Crippen LogP contribution in [-0.4, -0.2) is 47.8 Å². The van der Waals surface area contributed by atoms with E-state index < -0.39 is 0 Å². The summed E-state index contributed by atoms with van der Waals surface area (Å²) >= 11 is 0. The number of carbonyl (C=O) groups is 2. The predicted molar refractivity (Wildman–Crippen MR) is 89.3 cm³/mol. The Hall–Kier alpha value is -1.78. The van der Waals surface area contributed by atoms with E-state index in [0.29, 0.717) is 6.54 Å². The Morgan fingerprint density at radius 1 is 1.00 bits per heavy atom. The van der Waals surface area contributed by atoms with Crippen molar-refractivity contribution in [3.05, 3.63) is 24.2 Å². The second-order valence-electron chi connectivity index (χ2n) is 7.47. The fraction of sp³-hybridized carbons (Fsp3) is 0.684. The van der Waals surface area contributed by atoms with Gasteiger partial charge in [0.1, 0.15) is 5.76 Å². The molecule has 2 aliphatic heterocycles. The number of furan rings is 1. The molecule has 2 amide bonds. The molecule has 0 radical (unpaired) electrons. The molecule has 3 fully saturated rings. The van der Waals surface area contributed by atoms with E-state index >= 15 is 0 Å². The van der Waals surface area contributed by atoms with Crippen LogP contribution in [0.5, 0.6) is 0 Å². The SMILES string of the molecule is O=C([C@@H]1CCCN(C(=O)[C@H]2C[C@H]2c2ccco2)C1)N1CCCCC1. The van der Waals surface area contributed by atoms with Crippen molar-refractivity contribution in [1.82, 2.24) is 9.80 Å². The standard InChI is InChI=1S/C19H26N2O3/c22-18(20-8-2-1-3-9-20)14-6-4-10-21(13-14)19(23)16-12-15(16)17-7-5-11-24-17/h5,7,11,14-16H,1-4,6,8-10,12-13H2/t14-,15-,16+/m1/s1. The van der Waals surface area contributed by atoms with Crippen LogP contribution >= 0.6 is 0 Å². The van der Waals surface area contributed by atoms with Crippen molar-refractivity contribution in [2.24, 2.45) is 11.8 Å². The Labute approximate surface area is 143 Å². The molecule has 1 aromatic heterocycles. The van der Waals surface area contributed by atoms with Crippen molar-refractivity contribution < 1.29 is 14.0 Å². The lowest BCUT2D eigenvalue weighted by atomic mass is 9.95. The summed E-state index contributed by atoms with van der Waals surface area (Å²) in [7, 11) is 0. The molecule has 2 saturated heterocycles. The summed E-state index contributed by atoms with van der Waals surface area (Å²) in [5.74, 6) is 1.71. The first kappa shape index (κ1) is 15.7. The number of carbonyl (C=O) groups excluding carboxylic acids is 2. The zero-order chi connectivity index (χ0) is 16.5. The van der Waals surface area contributed by atoms with Crippen LogP contribution in [0.25, 0.3) is 0 Å². The van der Waals surface area contributed by atoms with Crippen molar-refractivity contribution >= 4 is 11.8 Å². The van der Waals surface area contributed by atoms with Crippen molar-refractivity contribution in [3.63, 3.8) is 0 Å². The topological polar surface area (TPSA) is 53.8 Å². The third-order valence-electron chi connectivity index (χ3n) is 5.77. The summed E-state index contributed by atoms with van der Waals surface area (Å²) in [5.41, 5.74) is 0. The normalized spacial score (nSPS) is 30.2.